The molecular formula is C12H21NOS. The molecule has 0 spiro atoms. The molecule has 0 aliphatic carbocycles. The summed E-state index contributed by atoms with van der Waals surface area (Å²) in [6.07, 6.45) is 7.45. The average molecular weight is 227 g/mol. The second kappa shape index (κ2) is 6.21. The summed E-state index contributed by atoms with van der Waals surface area (Å²) in [6.45, 7) is 5.80. The highest BCUT2D eigenvalue weighted by molar-refractivity contribution is 7.99. The molecule has 0 aromatic heterocycles. The van der Waals surface area contributed by atoms with Crippen LogP contribution < -0.4 is 0 Å². The van der Waals surface area contributed by atoms with Crippen LogP contribution in [-0.4, -0.2) is 35.4 Å². The highest BCUT2D eigenvalue weighted by Gasteiger charge is 2.18. The summed E-state index contributed by atoms with van der Waals surface area (Å²) in [5, 5.41) is 0.745. The quantitative estimate of drug-likeness (QED) is 0.676. The van der Waals surface area contributed by atoms with Crippen molar-refractivity contribution in [1.82, 2.24) is 4.90 Å². The Hall–Kier alpha value is -0.440. The predicted octanol–water partition coefficient (Wildman–Crippen LogP) is 2.70. The summed E-state index contributed by atoms with van der Waals surface area (Å²) in [5.74, 6) is 0.191. The fraction of sp³-hybridized carbons (Fsp3) is 0.750. The van der Waals surface area contributed by atoms with Crippen LogP contribution in [-0.2, 0) is 4.79 Å². The van der Waals surface area contributed by atoms with Crippen molar-refractivity contribution in [2.24, 2.45) is 0 Å². The van der Waals surface area contributed by atoms with Crippen molar-refractivity contribution in [3.8, 4) is 0 Å². The Kier molecular flexibility index (Phi) is 5.23. The van der Waals surface area contributed by atoms with Crippen LogP contribution in [0.25, 0.3) is 0 Å². The Morgan fingerprint density at radius 1 is 1.33 bits per heavy atom. The van der Waals surface area contributed by atoms with Gasteiger partial charge in [0.1, 0.15) is 0 Å². The van der Waals surface area contributed by atoms with Gasteiger partial charge in [0.05, 0.1) is 0 Å². The van der Waals surface area contributed by atoms with E-state index >= 15 is 0 Å². The third-order valence-corrected chi connectivity index (χ3v) is 3.87. The summed E-state index contributed by atoms with van der Waals surface area (Å²) in [6, 6.07) is 0. The summed E-state index contributed by atoms with van der Waals surface area (Å²) < 4.78 is 0. The van der Waals surface area contributed by atoms with E-state index < -0.39 is 0 Å². The molecule has 1 fully saturated rings. The summed E-state index contributed by atoms with van der Waals surface area (Å²) in [7, 11) is 0. The zero-order valence-corrected chi connectivity index (χ0v) is 10.8. The van der Waals surface area contributed by atoms with E-state index in [0.29, 0.717) is 0 Å². The zero-order valence-electron chi connectivity index (χ0n) is 9.95. The molecule has 1 unspecified atom stereocenters. The van der Waals surface area contributed by atoms with Crippen molar-refractivity contribution in [1.29, 1.82) is 0 Å². The second-order valence-electron chi connectivity index (χ2n) is 4.34. The summed E-state index contributed by atoms with van der Waals surface area (Å²) >= 11 is 1.93. The van der Waals surface area contributed by atoms with Crippen LogP contribution in [0, 0.1) is 0 Å². The molecule has 0 radical (unpaired) electrons. The molecule has 0 bridgehead atoms. The SMILES string of the molecule is CSC1CCCN(C(=O)C=C(C)C)CC1. The van der Waals surface area contributed by atoms with Gasteiger partial charge in [-0.25, -0.2) is 0 Å². The van der Waals surface area contributed by atoms with E-state index in [1.807, 2.05) is 30.5 Å². The lowest BCUT2D eigenvalue weighted by Gasteiger charge is -2.18. The molecule has 1 amide bonds. The van der Waals surface area contributed by atoms with E-state index in [-0.39, 0.29) is 5.91 Å². The van der Waals surface area contributed by atoms with Gasteiger partial charge in [-0.15, -0.1) is 0 Å². The second-order valence-corrected chi connectivity index (χ2v) is 5.47. The molecule has 0 aromatic carbocycles. The number of carbonyl (C=O) groups is 1. The molecule has 0 aromatic rings. The minimum Gasteiger partial charge on any atom is -0.339 e. The van der Waals surface area contributed by atoms with Crippen LogP contribution in [0.5, 0.6) is 0 Å². The lowest BCUT2D eigenvalue weighted by Crippen LogP contribution is -2.30. The Bertz CT molecular complexity index is 246. The van der Waals surface area contributed by atoms with Crippen molar-refractivity contribution in [2.75, 3.05) is 19.3 Å². The highest BCUT2D eigenvalue weighted by Crippen LogP contribution is 2.21. The monoisotopic (exact) mass is 227 g/mol. The van der Waals surface area contributed by atoms with E-state index in [4.69, 9.17) is 0 Å². The Morgan fingerprint density at radius 3 is 2.67 bits per heavy atom. The third-order valence-electron chi connectivity index (χ3n) is 2.73. The van der Waals surface area contributed by atoms with Gasteiger partial charge in [0.15, 0.2) is 0 Å². The van der Waals surface area contributed by atoms with Crippen molar-refractivity contribution in [3.63, 3.8) is 0 Å². The van der Waals surface area contributed by atoms with E-state index in [0.717, 1.165) is 36.8 Å². The summed E-state index contributed by atoms with van der Waals surface area (Å²) in [5.41, 5.74) is 1.09. The number of rotatable bonds is 2. The molecular weight excluding hydrogens is 206 g/mol. The van der Waals surface area contributed by atoms with E-state index in [1.54, 1.807) is 6.08 Å². The zero-order chi connectivity index (χ0) is 11.3. The first-order valence-electron chi connectivity index (χ1n) is 5.60. The minimum atomic E-state index is 0.191. The van der Waals surface area contributed by atoms with Gasteiger partial charge in [-0.2, -0.15) is 11.8 Å². The molecule has 2 nitrogen and oxygen atoms in total. The smallest absolute Gasteiger partial charge is 0.246 e. The number of hydrogen-bond donors (Lipinski definition) is 0. The van der Waals surface area contributed by atoms with Gasteiger partial charge in [0, 0.05) is 24.4 Å². The van der Waals surface area contributed by atoms with Gasteiger partial charge in [0.25, 0.3) is 0 Å². The molecule has 15 heavy (non-hydrogen) atoms. The average Bonchev–Trinajstić information content (AvgIpc) is 2.41. The molecule has 1 aliphatic heterocycles. The molecule has 1 atom stereocenters. The van der Waals surface area contributed by atoms with Gasteiger partial charge in [-0.05, 0) is 39.4 Å². The van der Waals surface area contributed by atoms with Crippen molar-refractivity contribution in [2.45, 2.75) is 38.4 Å². The number of thioether (sulfide) groups is 1. The molecule has 1 heterocycles. The molecule has 1 rings (SSSR count). The third kappa shape index (κ3) is 4.29. The number of allylic oxidation sites excluding steroid dienone is 1. The normalized spacial score (nSPS) is 22.1. The van der Waals surface area contributed by atoms with Gasteiger partial charge in [0.2, 0.25) is 5.91 Å². The first kappa shape index (κ1) is 12.6. The lowest BCUT2D eigenvalue weighted by molar-refractivity contribution is -0.126. The first-order valence-corrected chi connectivity index (χ1v) is 6.89. The van der Waals surface area contributed by atoms with Crippen LogP contribution in [0.1, 0.15) is 33.1 Å². The van der Waals surface area contributed by atoms with Crippen LogP contribution in [0.4, 0.5) is 0 Å². The van der Waals surface area contributed by atoms with E-state index in [2.05, 4.69) is 6.26 Å². The first-order chi connectivity index (χ1) is 7.13. The number of likely N-dealkylation sites (tertiary alicyclic amines) is 1. The van der Waals surface area contributed by atoms with E-state index in [9.17, 15) is 4.79 Å². The largest absolute Gasteiger partial charge is 0.339 e. The summed E-state index contributed by atoms with van der Waals surface area (Å²) in [4.78, 5) is 13.8. The predicted molar refractivity (Wildman–Crippen MR) is 67.2 cm³/mol. The number of nitrogens with zero attached hydrogens (tertiary/aromatic N) is 1. The maximum atomic E-state index is 11.8. The molecule has 1 saturated heterocycles. The van der Waals surface area contributed by atoms with Crippen molar-refractivity contribution >= 4 is 17.7 Å². The van der Waals surface area contributed by atoms with Crippen LogP contribution in [0.3, 0.4) is 0 Å². The van der Waals surface area contributed by atoms with Crippen molar-refractivity contribution < 1.29 is 4.79 Å². The van der Waals surface area contributed by atoms with E-state index in [1.165, 1.54) is 6.42 Å². The van der Waals surface area contributed by atoms with Gasteiger partial charge < -0.3 is 4.90 Å². The van der Waals surface area contributed by atoms with Crippen LogP contribution in [0.2, 0.25) is 0 Å². The number of hydrogen-bond acceptors (Lipinski definition) is 2. The van der Waals surface area contributed by atoms with Gasteiger partial charge >= 0.3 is 0 Å². The molecule has 1 aliphatic rings. The fourth-order valence-electron chi connectivity index (χ4n) is 1.86. The molecule has 0 saturated carbocycles. The minimum absolute atomic E-state index is 0.191. The molecule has 3 heteroatoms. The number of carbonyl (C=O) groups excluding carboxylic acids is 1. The van der Waals surface area contributed by atoms with Gasteiger partial charge in [-0.1, -0.05) is 5.57 Å². The Balaban J connectivity index is 2.50. The standard InChI is InChI=1S/C12H21NOS/c1-10(2)9-12(14)13-7-4-5-11(15-3)6-8-13/h9,11H,4-8H2,1-3H3. The Morgan fingerprint density at radius 2 is 2.07 bits per heavy atom. The fourth-order valence-corrected chi connectivity index (χ4v) is 2.60. The highest BCUT2D eigenvalue weighted by atomic mass is 32.2. The van der Waals surface area contributed by atoms with Gasteiger partial charge in [-0.3, -0.25) is 4.79 Å². The molecule has 0 N–H and O–H groups in total. The number of amides is 1. The maximum absolute atomic E-state index is 11.8. The van der Waals surface area contributed by atoms with Crippen LogP contribution in [0.15, 0.2) is 11.6 Å². The lowest BCUT2D eigenvalue weighted by atomic mass is 10.2. The Labute approximate surface area is 97.1 Å². The van der Waals surface area contributed by atoms with Crippen LogP contribution >= 0.6 is 11.8 Å². The van der Waals surface area contributed by atoms with Crippen molar-refractivity contribution in [3.05, 3.63) is 11.6 Å². The maximum Gasteiger partial charge on any atom is 0.246 e. The topological polar surface area (TPSA) is 20.3 Å². The molecule has 86 valence electrons.